The van der Waals surface area contributed by atoms with Gasteiger partial charge in [0, 0.05) is 10.0 Å². The van der Waals surface area contributed by atoms with Gasteiger partial charge in [-0.05, 0) is 44.1 Å². The molecule has 136 valence electrons. The summed E-state index contributed by atoms with van der Waals surface area (Å²) in [6, 6.07) is 0. The van der Waals surface area contributed by atoms with Crippen LogP contribution in [0.5, 0.6) is 0 Å². The van der Waals surface area contributed by atoms with Crippen molar-refractivity contribution in [2.75, 3.05) is 6.61 Å². The summed E-state index contributed by atoms with van der Waals surface area (Å²) in [6.45, 7) is 2.57. The molecule has 0 saturated heterocycles. The lowest BCUT2D eigenvalue weighted by atomic mass is 10.1. The lowest BCUT2D eigenvalue weighted by Gasteiger charge is -2.01. The van der Waals surface area contributed by atoms with Gasteiger partial charge in [-0.3, -0.25) is 0 Å². The average molecular weight is 335 g/mol. The highest BCUT2D eigenvalue weighted by Gasteiger charge is 1.97. The summed E-state index contributed by atoms with van der Waals surface area (Å²) in [7, 11) is 0. The molecule has 5 heteroatoms. The van der Waals surface area contributed by atoms with Crippen LogP contribution in [0, 0.1) is 0 Å². The molecule has 0 radical (unpaired) electrons. The van der Waals surface area contributed by atoms with Crippen LogP contribution in [0.25, 0.3) is 10.4 Å². The number of hydrogen-bond acceptors (Lipinski definition) is 2. The Morgan fingerprint density at radius 2 is 1.50 bits per heavy atom. The summed E-state index contributed by atoms with van der Waals surface area (Å²) in [6.07, 6.45) is 22.4. The number of carbonyl (C=O) groups is 1. The Morgan fingerprint density at radius 3 is 2.12 bits per heavy atom. The van der Waals surface area contributed by atoms with Crippen LogP contribution in [-0.2, 0) is 4.74 Å². The zero-order valence-electron chi connectivity index (χ0n) is 15.2. The molecule has 0 N–H and O–H groups in total. The summed E-state index contributed by atoms with van der Waals surface area (Å²) in [5.41, 5.74) is 8.03. The molecule has 1 amide bonds. The van der Waals surface area contributed by atoms with Crippen molar-refractivity contribution in [2.45, 2.75) is 84.0 Å². The van der Waals surface area contributed by atoms with E-state index >= 15 is 0 Å². The van der Waals surface area contributed by atoms with Gasteiger partial charge in [0.1, 0.15) is 0 Å². The maximum Gasteiger partial charge on any atom is 0.396 e. The molecule has 5 nitrogen and oxygen atoms in total. The molecule has 0 spiro atoms. The number of allylic oxidation sites excluding steroid dienone is 4. The molecule has 0 unspecified atom stereocenters. The second-order valence-electron chi connectivity index (χ2n) is 5.89. The van der Waals surface area contributed by atoms with E-state index in [4.69, 9.17) is 10.3 Å². The third-order valence-corrected chi connectivity index (χ3v) is 3.70. The molecule has 0 rings (SSSR count). The number of rotatable bonds is 15. The molecule has 0 aromatic carbocycles. The Balaban J connectivity index is 3.23. The van der Waals surface area contributed by atoms with Gasteiger partial charge >= 0.3 is 6.09 Å². The molecule has 0 fully saturated rings. The fourth-order valence-electron chi connectivity index (χ4n) is 2.32. The van der Waals surface area contributed by atoms with Crippen molar-refractivity contribution in [3.63, 3.8) is 0 Å². The van der Waals surface area contributed by atoms with Gasteiger partial charge in [-0.15, -0.1) is 0 Å². The smallest absolute Gasteiger partial charge is 0.396 e. The normalized spacial score (nSPS) is 11.0. The van der Waals surface area contributed by atoms with E-state index in [2.05, 4.69) is 41.3 Å². The van der Waals surface area contributed by atoms with Gasteiger partial charge in [-0.1, -0.05) is 69.8 Å². The Labute approximate surface area is 146 Å². The first-order valence-electron chi connectivity index (χ1n) is 9.33. The van der Waals surface area contributed by atoms with Crippen molar-refractivity contribution in [2.24, 2.45) is 5.11 Å². The van der Waals surface area contributed by atoms with Crippen LogP contribution in [0.3, 0.4) is 0 Å². The highest BCUT2D eigenvalue weighted by Crippen LogP contribution is 2.08. The van der Waals surface area contributed by atoms with Crippen molar-refractivity contribution in [1.29, 1.82) is 0 Å². The fraction of sp³-hybridized carbons (Fsp3) is 0.737. The zero-order chi connectivity index (χ0) is 17.7. The van der Waals surface area contributed by atoms with Crippen molar-refractivity contribution >= 4 is 6.09 Å². The van der Waals surface area contributed by atoms with Crippen molar-refractivity contribution < 1.29 is 9.53 Å². The van der Waals surface area contributed by atoms with Gasteiger partial charge in [-0.25, -0.2) is 4.79 Å². The molecule has 0 bridgehead atoms. The predicted molar refractivity (Wildman–Crippen MR) is 99.9 cm³/mol. The first-order valence-corrected chi connectivity index (χ1v) is 9.33. The van der Waals surface area contributed by atoms with Gasteiger partial charge in [0.15, 0.2) is 0 Å². The lowest BCUT2D eigenvalue weighted by Crippen LogP contribution is -1.99. The van der Waals surface area contributed by atoms with Crippen molar-refractivity contribution in [3.8, 4) is 0 Å². The Morgan fingerprint density at radius 1 is 0.917 bits per heavy atom. The maximum absolute atomic E-state index is 10.8. The molecule has 0 aliphatic heterocycles. The van der Waals surface area contributed by atoms with E-state index in [0.717, 1.165) is 32.1 Å². The number of unbranched alkanes of at least 4 members (excludes halogenated alkanes) is 9. The second-order valence-corrected chi connectivity index (χ2v) is 5.89. The standard InChI is InChI=1S/C19H33N3O2/c1-2-3-4-5-6-7-8-9-10-11-12-13-14-15-16-17-18-24-19(23)21-22-20/h6-7,9-10H,2-5,8,11-18H2,1H3/b7-6-,10-9-. The minimum Gasteiger partial charge on any atom is -0.461 e. The summed E-state index contributed by atoms with van der Waals surface area (Å²) in [5.74, 6) is 0. The summed E-state index contributed by atoms with van der Waals surface area (Å²) in [5, 5.41) is 2.84. The number of amides is 1. The largest absolute Gasteiger partial charge is 0.461 e. The van der Waals surface area contributed by atoms with Crippen LogP contribution in [0.1, 0.15) is 84.0 Å². The van der Waals surface area contributed by atoms with Crippen LogP contribution in [-0.4, -0.2) is 12.7 Å². The Hall–Kier alpha value is -1.74. The minimum atomic E-state index is -0.833. The molecule has 0 atom stereocenters. The topological polar surface area (TPSA) is 75.1 Å². The van der Waals surface area contributed by atoms with Crippen molar-refractivity contribution in [3.05, 3.63) is 34.7 Å². The lowest BCUT2D eigenvalue weighted by molar-refractivity contribution is 0.154. The Kier molecular flexibility index (Phi) is 17.9. The van der Waals surface area contributed by atoms with Crippen LogP contribution in [0.4, 0.5) is 4.79 Å². The van der Waals surface area contributed by atoms with Gasteiger partial charge in [0.05, 0.1) is 6.61 Å². The first kappa shape index (κ1) is 22.3. The number of hydrogen-bond donors (Lipinski definition) is 0. The molecule has 0 aromatic rings. The molecule has 0 aliphatic rings. The molecule has 24 heavy (non-hydrogen) atoms. The third kappa shape index (κ3) is 18.3. The van der Waals surface area contributed by atoms with Crippen molar-refractivity contribution in [1.82, 2.24) is 0 Å². The van der Waals surface area contributed by atoms with E-state index < -0.39 is 6.09 Å². The van der Waals surface area contributed by atoms with Crippen LogP contribution in [0.2, 0.25) is 0 Å². The van der Waals surface area contributed by atoms with Gasteiger partial charge in [-0.2, -0.15) is 0 Å². The molecule has 0 aromatic heterocycles. The highest BCUT2D eigenvalue weighted by atomic mass is 16.5. The van der Waals surface area contributed by atoms with E-state index in [1.54, 1.807) is 0 Å². The van der Waals surface area contributed by atoms with E-state index in [9.17, 15) is 4.79 Å². The summed E-state index contributed by atoms with van der Waals surface area (Å²) < 4.78 is 4.73. The highest BCUT2D eigenvalue weighted by molar-refractivity contribution is 5.67. The van der Waals surface area contributed by atoms with Gasteiger partial charge < -0.3 is 4.74 Å². The third-order valence-electron chi connectivity index (χ3n) is 3.70. The monoisotopic (exact) mass is 335 g/mol. The molecule has 0 saturated carbocycles. The van der Waals surface area contributed by atoms with Crippen LogP contribution < -0.4 is 0 Å². The number of ether oxygens (including phenoxy) is 1. The SMILES string of the molecule is CCCCC/C=C\C/C=C\CCCCCCCCOC(=O)N=[N+]=[N-]. The number of carbonyl (C=O) groups excluding carboxylic acids is 1. The van der Waals surface area contributed by atoms with Crippen LogP contribution >= 0.6 is 0 Å². The van der Waals surface area contributed by atoms with E-state index in [1.165, 1.54) is 44.9 Å². The van der Waals surface area contributed by atoms with E-state index in [-0.39, 0.29) is 0 Å². The van der Waals surface area contributed by atoms with Gasteiger partial charge in [0.25, 0.3) is 0 Å². The summed E-state index contributed by atoms with van der Waals surface area (Å²) >= 11 is 0. The van der Waals surface area contributed by atoms with E-state index in [1.807, 2.05) is 0 Å². The predicted octanol–water partition coefficient (Wildman–Crippen LogP) is 7.25. The second kappa shape index (κ2) is 19.3. The average Bonchev–Trinajstić information content (AvgIpc) is 2.58. The quantitative estimate of drug-likeness (QED) is 0.104. The van der Waals surface area contributed by atoms with E-state index in [0.29, 0.717) is 6.61 Å². The summed E-state index contributed by atoms with van der Waals surface area (Å²) in [4.78, 5) is 13.1. The maximum atomic E-state index is 10.8. The molecular weight excluding hydrogens is 302 g/mol. The molecule has 0 heterocycles. The number of azide groups is 1. The Bertz CT molecular complexity index is 399. The number of nitrogens with zero attached hydrogens (tertiary/aromatic N) is 3. The molecular formula is C19H33N3O2. The zero-order valence-corrected chi connectivity index (χ0v) is 15.2. The van der Waals surface area contributed by atoms with Crippen LogP contribution in [0.15, 0.2) is 29.4 Å². The minimum absolute atomic E-state index is 0.340. The first-order chi connectivity index (χ1) is 11.8. The fourth-order valence-corrected chi connectivity index (χ4v) is 2.32. The molecule has 0 aliphatic carbocycles. The van der Waals surface area contributed by atoms with Gasteiger partial charge in [0.2, 0.25) is 0 Å².